The summed E-state index contributed by atoms with van der Waals surface area (Å²) in [5, 5.41) is 15.3. The summed E-state index contributed by atoms with van der Waals surface area (Å²) in [5.74, 6) is -0.445. The summed E-state index contributed by atoms with van der Waals surface area (Å²) in [6, 6.07) is 24.1. The molecule has 3 aromatic carbocycles. The first-order valence-corrected chi connectivity index (χ1v) is 17.5. The Bertz CT molecular complexity index is 1600. The van der Waals surface area contributed by atoms with Gasteiger partial charge in [-0.05, 0) is 58.9 Å². The van der Waals surface area contributed by atoms with Crippen molar-refractivity contribution in [3.8, 4) is 0 Å². The lowest BCUT2D eigenvalue weighted by Crippen LogP contribution is -2.46. The molecule has 2 heterocycles. The maximum Gasteiger partial charge on any atom is 0.328 e. The minimum atomic E-state index is -0.848. The Hall–Kier alpha value is -3.76. The van der Waals surface area contributed by atoms with Crippen LogP contribution in [0.15, 0.2) is 78.9 Å². The van der Waals surface area contributed by atoms with Gasteiger partial charge >= 0.3 is 12.0 Å². The monoisotopic (exact) mass is 669 g/mol. The number of benzene rings is 3. The number of hydrogen-bond donors (Lipinski definition) is 3. The van der Waals surface area contributed by atoms with Crippen LogP contribution >= 0.6 is 0 Å². The summed E-state index contributed by atoms with van der Waals surface area (Å²) in [6.45, 7) is 11.3. The number of amides is 2. The summed E-state index contributed by atoms with van der Waals surface area (Å²) >= 11 is 0. The highest BCUT2D eigenvalue weighted by Crippen LogP contribution is 2.53. The van der Waals surface area contributed by atoms with Crippen LogP contribution < -0.4 is 10.6 Å². The van der Waals surface area contributed by atoms with E-state index in [4.69, 9.17) is 14.2 Å². The largest absolute Gasteiger partial charge is 0.467 e. The van der Waals surface area contributed by atoms with Gasteiger partial charge in [-0.1, -0.05) is 94.4 Å². The summed E-state index contributed by atoms with van der Waals surface area (Å²) in [7, 11) is 1.31. The number of nitrogens with one attached hydrogen (secondary N) is 2. The van der Waals surface area contributed by atoms with Gasteiger partial charge in [0.25, 0.3) is 0 Å². The number of esters is 1. The third-order valence-corrected chi connectivity index (χ3v) is 10.6. The predicted octanol–water partition coefficient (Wildman–Crippen LogP) is 6.78. The van der Waals surface area contributed by atoms with Gasteiger partial charge in [-0.3, -0.25) is 4.90 Å². The van der Waals surface area contributed by atoms with Crippen molar-refractivity contribution in [3.63, 3.8) is 0 Å². The highest BCUT2D eigenvalue weighted by molar-refractivity contribution is 5.92. The van der Waals surface area contributed by atoms with Gasteiger partial charge in [0.05, 0.1) is 25.9 Å². The number of aliphatic hydroxyl groups excluding tert-OH is 1. The van der Waals surface area contributed by atoms with Crippen LogP contribution in [0.3, 0.4) is 0 Å². The van der Waals surface area contributed by atoms with Crippen molar-refractivity contribution in [2.24, 2.45) is 16.7 Å². The molecule has 1 saturated carbocycles. The second-order valence-corrected chi connectivity index (χ2v) is 15.5. The third-order valence-electron chi connectivity index (χ3n) is 10.6. The normalized spacial score (nSPS) is 28.4. The fourth-order valence-electron chi connectivity index (χ4n) is 8.62. The number of nitrogens with zero attached hydrogens (tertiary/aromatic N) is 1. The van der Waals surface area contributed by atoms with E-state index in [1.807, 2.05) is 72.8 Å². The van der Waals surface area contributed by atoms with Gasteiger partial charge in [0.15, 0.2) is 6.29 Å². The number of carbonyl (C=O) groups is 2. The van der Waals surface area contributed by atoms with Crippen LogP contribution in [0.1, 0.15) is 81.6 Å². The molecule has 2 saturated heterocycles. The highest BCUT2D eigenvalue weighted by atomic mass is 16.7. The summed E-state index contributed by atoms with van der Waals surface area (Å²) < 4.78 is 18.5. The molecule has 0 spiro atoms. The van der Waals surface area contributed by atoms with Gasteiger partial charge in [0.1, 0.15) is 6.04 Å². The Morgan fingerprint density at radius 1 is 0.959 bits per heavy atom. The zero-order valence-electron chi connectivity index (χ0n) is 29.4. The third kappa shape index (κ3) is 8.35. The average Bonchev–Trinajstić information content (AvgIpc) is 3.32. The topological polar surface area (TPSA) is 109 Å². The molecule has 0 aromatic heterocycles. The molecule has 3 fully saturated rings. The Balaban J connectivity index is 1.20. The quantitative estimate of drug-likeness (QED) is 0.204. The number of anilines is 1. The Morgan fingerprint density at radius 2 is 1.71 bits per heavy atom. The van der Waals surface area contributed by atoms with Crippen molar-refractivity contribution in [2.45, 2.75) is 90.6 Å². The molecule has 7 atom stereocenters. The highest BCUT2D eigenvalue weighted by Gasteiger charge is 2.51. The molecule has 262 valence electrons. The smallest absolute Gasteiger partial charge is 0.328 e. The second kappa shape index (κ2) is 14.6. The molecule has 2 amide bonds. The number of aliphatic hydroxyl groups is 1. The van der Waals surface area contributed by atoms with E-state index in [-0.39, 0.29) is 24.7 Å². The predicted molar refractivity (Wildman–Crippen MR) is 189 cm³/mol. The molecule has 49 heavy (non-hydrogen) atoms. The molecule has 3 N–H and O–H groups in total. The van der Waals surface area contributed by atoms with Gasteiger partial charge < -0.3 is 30.0 Å². The number of ether oxygens (including phenoxy) is 3. The zero-order chi connectivity index (χ0) is 34.8. The van der Waals surface area contributed by atoms with Crippen LogP contribution in [-0.2, 0) is 32.0 Å². The lowest BCUT2D eigenvalue weighted by molar-refractivity contribution is -0.276. The minimum absolute atomic E-state index is 0.0127. The van der Waals surface area contributed by atoms with Gasteiger partial charge in [-0.2, -0.15) is 0 Å². The minimum Gasteiger partial charge on any atom is -0.467 e. The first kappa shape index (κ1) is 35.1. The average molecular weight is 670 g/mol. The molecular formula is C40H51N3O6. The maximum absolute atomic E-state index is 13.1. The van der Waals surface area contributed by atoms with Crippen LogP contribution in [0.25, 0.3) is 0 Å². The zero-order valence-corrected chi connectivity index (χ0v) is 29.4. The second-order valence-electron chi connectivity index (χ2n) is 15.5. The molecular weight excluding hydrogens is 618 g/mol. The first-order valence-electron chi connectivity index (χ1n) is 17.5. The molecule has 6 rings (SSSR count). The van der Waals surface area contributed by atoms with Crippen LogP contribution in [0.5, 0.6) is 0 Å². The molecule has 2 unspecified atom stereocenters. The molecule has 2 aliphatic heterocycles. The molecule has 0 radical (unpaired) electrons. The fourth-order valence-corrected chi connectivity index (χ4v) is 8.62. The van der Waals surface area contributed by atoms with Crippen molar-refractivity contribution in [2.75, 3.05) is 25.5 Å². The van der Waals surface area contributed by atoms with Crippen molar-refractivity contribution in [1.82, 2.24) is 10.2 Å². The van der Waals surface area contributed by atoms with E-state index >= 15 is 0 Å². The van der Waals surface area contributed by atoms with E-state index < -0.39 is 24.3 Å². The Kier molecular flexibility index (Phi) is 10.5. The molecule has 3 aliphatic rings. The van der Waals surface area contributed by atoms with Crippen molar-refractivity contribution in [1.29, 1.82) is 0 Å². The number of hydrogen-bond acceptors (Lipinski definition) is 7. The van der Waals surface area contributed by atoms with Gasteiger partial charge in [-0.25, -0.2) is 9.59 Å². The molecule has 9 heteroatoms. The van der Waals surface area contributed by atoms with E-state index in [0.717, 1.165) is 35.3 Å². The molecule has 2 bridgehead atoms. The van der Waals surface area contributed by atoms with Crippen LogP contribution in [0, 0.1) is 16.7 Å². The fraction of sp³-hybridized carbons (Fsp3) is 0.500. The van der Waals surface area contributed by atoms with Crippen LogP contribution in [0.4, 0.5) is 10.5 Å². The number of fused-ring (bicyclic) bond motifs is 2. The van der Waals surface area contributed by atoms with Crippen LogP contribution in [-0.4, -0.2) is 60.4 Å². The van der Waals surface area contributed by atoms with E-state index in [1.165, 1.54) is 26.4 Å². The first-order chi connectivity index (χ1) is 23.4. The van der Waals surface area contributed by atoms with Crippen molar-refractivity contribution >= 4 is 17.7 Å². The lowest BCUT2D eigenvalue weighted by atomic mass is 9.65. The Labute approximate surface area is 290 Å². The van der Waals surface area contributed by atoms with Crippen molar-refractivity contribution in [3.05, 3.63) is 101 Å². The van der Waals surface area contributed by atoms with E-state index in [1.54, 1.807) is 6.07 Å². The number of urea groups is 1. The van der Waals surface area contributed by atoms with E-state index in [2.05, 4.69) is 43.2 Å². The molecule has 1 aliphatic carbocycles. The van der Waals surface area contributed by atoms with Crippen LogP contribution in [0.2, 0.25) is 0 Å². The maximum atomic E-state index is 13.1. The van der Waals surface area contributed by atoms with E-state index in [9.17, 15) is 14.7 Å². The Morgan fingerprint density at radius 3 is 2.43 bits per heavy atom. The summed E-state index contributed by atoms with van der Waals surface area (Å²) in [5.41, 5.74) is 4.78. The SMILES string of the molecule is COC(=O)[C@H](Cc1ccccc1)NC(=O)Nc1cccc([C@@H]2O[C@H](CN3CC4(C)CC3CC(C)(C)C4)[C@H](C)[C@H](c3ccc(CO)cc3)O2)c1. The standard InChI is InChI=1S/C40H51N3O6/c1-26-34(22-43-25-40(4)21-32(43)20-39(2,3)24-40)48-37(49-35(26)29-16-14-28(23-44)15-17-29)30-12-9-13-31(19-30)41-38(46)42-33(36(45)47-5)18-27-10-7-6-8-11-27/h6-17,19,26,32-35,37,44H,18,20-25H2,1-5H3,(H2,41,42,46)/t26-,32?,33-,34+,35+,37+,40?/m0/s1. The number of methoxy groups -OCH3 is 1. The van der Waals surface area contributed by atoms with Crippen molar-refractivity contribution < 1.29 is 28.9 Å². The summed E-state index contributed by atoms with van der Waals surface area (Å²) in [4.78, 5) is 28.3. The van der Waals surface area contributed by atoms with Gasteiger partial charge in [-0.15, -0.1) is 0 Å². The van der Waals surface area contributed by atoms with E-state index in [0.29, 0.717) is 29.0 Å². The number of rotatable bonds is 10. The molecule has 9 nitrogen and oxygen atoms in total. The molecule has 3 aromatic rings. The number of carbonyl (C=O) groups excluding carboxylic acids is 2. The lowest BCUT2D eigenvalue weighted by Gasteiger charge is -2.43. The van der Waals surface area contributed by atoms with Gasteiger partial charge in [0.2, 0.25) is 0 Å². The van der Waals surface area contributed by atoms with Gasteiger partial charge in [0, 0.05) is 42.7 Å². The summed E-state index contributed by atoms with van der Waals surface area (Å²) in [6.07, 6.45) is 2.97. The number of likely N-dealkylation sites (tertiary alicyclic amines) is 1.